The summed E-state index contributed by atoms with van der Waals surface area (Å²) in [5.74, 6) is 0.0167. The van der Waals surface area contributed by atoms with Crippen molar-refractivity contribution in [3.8, 4) is 11.1 Å². The maximum absolute atomic E-state index is 13.7. The molecule has 2 aromatic rings. The molecule has 14 heteroatoms. The van der Waals surface area contributed by atoms with E-state index < -0.39 is 42.7 Å². The van der Waals surface area contributed by atoms with E-state index in [1.54, 1.807) is 6.92 Å². The van der Waals surface area contributed by atoms with Crippen LogP contribution >= 0.6 is 0 Å². The molecule has 1 saturated carbocycles. The first kappa shape index (κ1) is 26.3. The largest absolute Gasteiger partial charge is 0.417 e. The predicted molar refractivity (Wildman–Crippen MR) is 121 cm³/mol. The highest BCUT2D eigenvalue weighted by molar-refractivity contribution is 7.89. The van der Waals surface area contributed by atoms with E-state index >= 15 is 0 Å². The van der Waals surface area contributed by atoms with Gasteiger partial charge in [-0.3, -0.25) is 0 Å². The molecule has 0 bridgehead atoms. The van der Waals surface area contributed by atoms with Crippen molar-refractivity contribution in [2.24, 2.45) is 5.92 Å². The van der Waals surface area contributed by atoms with Crippen molar-refractivity contribution < 1.29 is 30.0 Å². The molecule has 0 radical (unpaired) electrons. The molecule has 0 unspecified atom stereocenters. The Labute approximate surface area is 196 Å². The standard InChI is InChI=1S/C20H26F3N5O4S2/c1-12-16(11-25-19(24)27-12)14-5-8-17(20(21,22)23)18(9-14)34(31,32)28-15-6-3-13(4-7-15)10-26-33(2,29)30/h5,8-9,11,13,15,26,28H,3-4,6-7,10H2,1-2H3,(H2,24,25,27)/t13-,15-. The topological polar surface area (TPSA) is 144 Å². The smallest absolute Gasteiger partial charge is 0.368 e. The van der Waals surface area contributed by atoms with Crippen LogP contribution in [0.5, 0.6) is 0 Å². The van der Waals surface area contributed by atoms with E-state index in [9.17, 15) is 30.0 Å². The number of halogens is 3. The van der Waals surface area contributed by atoms with Gasteiger partial charge >= 0.3 is 6.18 Å². The summed E-state index contributed by atoms with van der Waals surface area (Å²) in [7, 11) is -7.86. The van der Waals surface area contributed by atoms with Gasteiger partial charge in [-0.2, -0.15) is 13.2 Å². The van der Waals surface area contributed by atoms with Crippen LogP contribution in [0.15, 0.2) is 29.3 Å². The van der Waals surface area contributed by atoms with E-state index in [0.29, 0.717) is 36.9 Å². The normalized spacial score (nSPS) is 19.8. The molecule has 3 rings (SSSR count). The molecule has 0 aliphatic heterocycles. The number of hydrogen-bond donors (Lipinski definition) is 3. The van der Waals surface area contributed by atoms with E-state index in [2.05, 4.69) is 19.4 Å². The number of aromatic nitrogens is 2. The van der Waals surface area contributed by atoms with Crippen molar-refractivity contribution in [1.82, 2.24) is 19.4 Å². The summed E-state index contributed by atoms with van der Waals surface area (Å²) in [5.41, 5.74) is 5.22. The minimum absolute atomic E-state index is 0.00925. The number of sulfonamides is 2. The maximum Gasteiger partial charge on any atom is 0.417 e. The molecule has 4 N–H and O–H groups in total. The lowest BCUT2D eigenvalue weighted by Crippen LogP contribution is -2.40. The second kappa shape index (κ2) is 9.76. The highest BCUT2D eigenvalue weighted by atomic mass is 32.2. The number of benzene rings is 1. The van der Waals surface area contributed by atoms with Gasteiger partial charge in [-0.1, -0.05) is 6.07 Å². The van der Waals surface area contributed by atoms with Gasteiger partial charge in [0.05, 0.1) is 22.4 Å². The fourth-order valence-electron chi connectivity index (χ4n) is 3.95. The first-order valence-electron chi connectivity index (χ1n) is 10.4. The van der Waals surface area contributed by atoms with Crippen LogP contribution in [-0.2, 0) is 26.2 Å². The third-order valence-corrected chi connectivity index (χ3v) is 7.94. The zero-order chi connectivity index (χ0) is 25.3. The average Bonchev–Trinajstić information content (AvgIpc) is 2.71. The van der Waals surface area contributed by atoms with Gasteiger partial charge in [0, 0.05) is 24.3 Å². The van der Waals surface area contributed by atoms with Crippen molar-refractivity contribution in [2.75, 3.05) is 18.5 Å². The van der Waals surface area contributed by atoms with Crippen molar-refractivity contribution in [3.63, 3.8) is 0 Å². The molecular formula is C20H26F3N5O4S2. The van der Waals surface area contributed by atoms with E-state index in [-0.39, 0.29) is 24.0 Å². The molecule has 0 amide bonds. The number of hydrogen-bond acceptors (Lipinski definition) is 7. The summed E-state index contributed by atoms with van der Waals surface area (Å²) in [4.78, 5) is 6.95. The molecule has 0 spiro atoms. The quantitative estimate of drug-likeness (QED) is 0.508. The van der Waals surface area contributed by atoms with E-state index in [1.807, 2.05) is 0 Å². The van der Waals surface area contributed by atoms with Gasteiger partial charge in [0.2, 0.25) is 26.0 Å². The number of nitrogens with one attached hydrogen (secondary N) is 2. The fourth-order valence-corrected chi connectivity index (χ4v) is 6.05. The van der Waals surface area contributed by atoms with Gasteiger partial charge in [0.25, 0.3) is 0 Å². The van der Waals surface area contributed by atoms with Gasteiger partial charge in [-0.05, 0) is 56.2 Å². The van der Waals surface area contributed by atoms with Crippen molar-refractivity contribution in [1.29, 1.82) is 0 Å². The third kappa shape index (κ3) is 6.64. The van der Waals surface area contributed by atoms with Gasteiger partial charge in [-0.25, -0.2) is 36.2 Å². The molecule has 1 aliphatic carbocycles. The summed E-state index contributed by atoms with van der Waals surface area (Å²) in [6.45, 7) is 1.83. The van der Waals surface area contributed by atoms with E-state index in [4.69, 9.17) is 5.73 Å². The Balaban J connectivity index is 1.85. The van der Waals surface area contributed by atoms with Crippen LogP contribution in [0.2, 0.25) is 0 Å². The molecule has 34 heavy (non-hydrogen) atoms. The van der Waals surface area contributed by atoms with Crippen LogP contribution in [0.3, 0.4) is 0 Å². The Kier molecular flexibility index (Phi) is 7.55. The second-order valence-electron chi connectivity index (χ2n) is 8.40. The molecule has 1 fully saturated rings. The Hall–Kier alpha value is -2.29. The van der Waals surface area contributed by atoms with Gasteiger partial charge in [-0.15, -0.1) is 0 Å². The third-order valence-electron chi connectivity index (χ3n) is 5.69. The Morgan fingerprint density at radius 1 is 1.12 bits per heavy atom. The van der Waals surface area contributed by atoms with E-state index in [1.165, 1.54) is 12.3 Å². The summed E-state index contributed by atoms with van der Waals surface area (Å²) in [5, 5.41) is 0. The monoisotopic (exact) mass is 521 g/mol. The number of nitrogens with two attached hydrogens (primary N) is 1. The van der Waals surface area contributed by atoms with Crippen LogP contribution in [0.1, 0.15) is 36.9 Å². The van der Waals surface area contributed by atoms with Crippen LogP contribution in [0, 0.1) is 12.8 Å². The molecule has 1 aromatic carbocycles. The van der Waals surface area contributed by atoms with Crippen molar-refractivity contribution in [2.45, 2.75) is 49.7 Å². The fraction of sp³-hybridized carbons (Fsp3) is 0.500. The number of rotatable bonds is 7. The van der Waals surface area contributed by atoms with Gasteiger partial charge < -0.3 is 5.73 Å². The summed E-state index contributed by atoms with van der Waals surface area (Å²) in [6, 6.07) is 2.30. The molecule has 1 aliphatic rings. The number of nitrogens with zero attached hydrogens (tertiary/aromatic N) is 2. The van der Waals surface area contributed by atoms with Crippen molar-refractivity contribution in [3.05, 3.63) is 35.7 Å². The molecule has 188 valence electrons. The SMILES string of the molecule is Cc1nc(N)ncc1-c1ccc(C(F)(F)F)c(S(=O)(=O)N[C@H]2CC[C@H](CNS(C)(=O)=O)CC2)c1. The zero-order valence-electron chi connectivity index (χ0n) is 18.6. The van der Waals surface area contributed by atoms with E-state index in [0.717, 1.165) is 18.4 Å². The minimum Gasteiger partial charge on any atom is -0.368 e. The second-order valence-corrected chi connectivity index (χ2v) is 11.9. The predicted octanol–water partition coefficient (Wildman–Crippen LogP) is 2.44. The van der Waals surface area contributed by atoms with Crippen LogP contribution in [0.4, 0.5) is 19.1 Å². The van der Waals surface area contributed by atoms with Crippen LogP contribution in [-0.4, -0.2) is 45.6 Å². The summed E-state index contributed by atoms with van der Waals surface area (Å²) >= 11 is 0. The lowest BCUT2D eigenvalue weighted by molar-refractivity contribution is -0.139. The summed E-state index contributed by atoms with van der Waals surface area (Å²) < 4.78 is 94.5. The number of alkyl halides is 3. The van der Waals surface area contributed by atoms with Crippen molar-refractivity contribution >= 4 is 26.0 Å². The van der Waals surface area contributed by atoms with Gasteiger partial charge in [0.15, 0.2) is 0 Å². The first-order valence-corrected chi connectivity index (χ1v) is 13.8. The van der Waals surface area contributed by atoms with Gasteiger partial charge in [0.1, 0.15) is 0 Å². The van der Waals surface area contributed by atoms with Crippen LogP contribution in [0.25, 0.3) is 11.1 Å². The number of aryl methyl sites for hydroxylation is 1. The Morgan fingerprint density at radius 3 is 2.32 bits per heavy atom. The minimum atomic E-state index is -4.88. The first-order chi connectivity index (χ1) is 15.7. The zero-order valence-corrected chi connectivity index (χ0v) is 20.2. The molecule has 1 aromatic heterocycles. The molecule has 9 nitrogen and oxygen atoms in total. The highest BCUT2D eigenvalue weighted by Crippen LogP contribution is 2.37. The maximum atomic E-state index is 13.7. The molecule has 0 atom stereocenters. The Bertz CT molecular complexity index is 1260. The average molecular weight is 522 g/mol. The van der Waals surface area contributed by atoms with Crippen LogP contribution < -0.4 is 15.2 Å². The molecule has 0 saturated heterocycles. The Morgan fingerprint density at radius 2 is 1.76 bits per heavy atom. The number of anilines is 1. The summed E-state index contributed by atoms with van der Waals surface area (Å²) in [6.07, 6.45) is -0.687. The number of nitrogen functional groups attached to an aromatic ring is 1. The molecule has 1 heterocycles. The highest BCUT2D eigenvalue weighted by Gasteiger charge is 2.38. The lowest BCUT2D eigenvalue weighted by atomic mass is 9.87. The molecular weight excluding hydrogens is 495 g/mol. The lowest BCUT2D eigenvalue weighted by Gasteiger charge is -2.29.